The topological polar surface area (TPSA) is 87.3 Å². The van der Waals surface area contributed by atoms with Crippen LogP contribution in [0.1, 0.15) is 134 Å². The van der Waals surface area contributed by atoms with Crippen LogP contribution >= 0.6 is 0 Å². The van der Waals surface area contributed by atoms with Crippen LogP contribution in [0.15, 0.2) is 0 Å². The number of ketones is 1. The molecule has 0 aliphatic heterocycles. The highest BCUT2D eigenvalue weighted by Crippen LogP contribution is 2.23. The van der Waals surface area contributed by atoms with E-state index >= 15 is 0 Å². The van der Waals surface area contributed by atoms with Crippen LogP contribution in [0.25, 0.3) is 0 Å². The summed E-state index contributed by atoms with van der Waals surface area (Å²) in [5, 5.41) is 9.40. The van der Waals surface area contributed by atoms with Gasteiger partial charge in [0.25, 0.3) is 0 Å². The summed E-state index contributed by atoms with van der Waals surface area (Å²) in [7, 11) is 0. The van der Waals surface area contributed by atoms with Gasteiger partial charge in [-0.2, -0.15) is 0 Å². The Labute approximate surface area is 216 Å². The molecular weight excluding hydrogens is 438 g/mol. The van der Waals surface area contributed by atoms with Gasteiger partial charge in [0.2, 0.25) is 11.8 Å². The number of unbranched alkanes of at least 4 members (excludes halogenated alkanes) is 2. The van der Waals surface area contributed by atoms with Crippen molar-refractivity contribution < 1.29 is 14.4 Å². The number of hydrogen-bond donors (Lipinski definition) is 3. The van der Waals surface area contributed by atoms with Gasteiger partial charge in [-0.3, -0.25) is 14.4 Å². The number of amides is 2. The molecule has 0 bridgehead atoms. The van der Waals surface area contributed by atoms with Crippen LogP contribution in [-0.2, 0) is 14.4 Å². The van der Waals surface area contributed by atoms with Crippen molar-refractivity contribution >= 4 is 17.6 Å². The molecule has 0 fully saturated rings. The summed E-state index contributed by atoms with van der Waals surface area (Å²) in [6, 6.07) is -1.13. The van der Waals surface area contributed by atoms with Crippen molar-refractivity contribution in [3.05, 3.63) is 0 Å². The first-order valence-electron chi connectivity index (χ1n) is 13.5. The minimum absolute atomic E-state index is 0.0740. The molecule has 3 N–H and O–H groups in total. The van der Waals surface area contributed by atoms with Crippen LogP contribution in [0.2, 0.25) is 0 Å². The van der Waals surface area contributed by atoms with Gasteiger partial charge < -0.3 is 16.0 Å². The molecule has 206 valence electrons. The minimum atomic E-state index is -0.592. The maximum atomic E-state index is 13.4. The third-order valence-electron chi connectivity index (χ3n) is 5.41. The Morgan fingerprint density at radius 2 is 1.20 bits per heavy atom. The Bertz CT molecular complexity index is 673. The van der Waals surface area contributed by atoms with Crippen molar-refractivity contribution in [3.8, 4) is 0 Å². The second-order valence-corrected chi connectivity index (χ2v) is 14.7. The fourth-order valence-electron chi connectivity index (χ4n) is 3.96. The number of Topliss-reactive ketones (excluding diaryl/α,β-unsaturated/α-hetero) is 1. The third kappa shape index (κ3) is 19.4. The third-order valence-corrected chi connectivity index (χ3v) is 5.41. The molecule has 2 atom stereocenters. The summed E-state index contributed by atoms with van der Waals surface area (Å²) in [4.78, 5) is 38.9. The van der Waals surface area contributed by atoms with Gasteiger partial charge >= 0.3 is 0 Å². The van der Waals surface area contributed by atoms with Gasteiger partial charge in [0.1, 0.15) is 11.8 Å². The number of carbonyl (C=O) groups excluding carboxylic acids is 3. The average molecular weight is 496 g/mol. The smallest absolute Gasteiger partial charge is 0.242 e. The molecule has 2 unspecified atom stereocenters. The molecule has 0 aliphatic carbocycles. The van der Waals surface area contributed by atoms with E-state index in [-0.39, 0.29) is 34.1 Å². The molecule has 6 nitrogen and oxygen atoms in total. The molecule has 35 heavy (non-hydrogen) atoms. The number of hydrogen-bond acceptors (Lipinski definition) is 4. The molecule has 0 rings (SSSR count). The maximum absolute atomic E-state index is 13.4. The summed E-state index contributed by atoms with van der Waals surface area (Å²) in [5.41, 5.74) is -0.455. The lowest BCUT2D eigenvalue weighted by molar-refractivity contribution is -0.131. The highest BCUT2D eigenvalue weighted by atomic mass is 16.2. The van der Waals surface area contributed by atoms with Gasteiger partial charge in [0, 0.05) is 23.9 Å². The molecular formula is C29H57N3O3. The minimum Gasteiger partial charge on any atom is -0.350 e. The summed E-state index contributed by atoms with van der Waals surface area (Å²) in [6.07, 6.45) is 5.98. The largest absolute Gasteiger partial charge is 0.350 e. The van der Waals surface area contributed by atoms with Gasteiger partial charge in [-0.1, -0.05) is 60.8 Å². The maximum Gasteiger partial charge on any atom is 0.242 e. The fourth-order valence-corrected chi connectivity index (χ4v) is 3.96. The SMILES string of the molecule is CC(C)(C)CCCCCC(NC(=O)C(CCC(=O)CC(C)(C)C)NC(C)(C)C)C(=O)NC(C)(C)C. The summed E-state index contributed by atoms with van der Waals surface area (Å²) < 4.78 is 0. The van der Waals surface area contributed by atoms with Crippen LogP contribution in [0.5, 0.6) is 0 Å². The van der Waals surface area contributed by atoms with E-state index in [1.54, 1.807) is 0 Å². The molecule has 0 spiro atoms. The average Bonchev–Trinajstić information content (AvgIpc) is 2.58. The Hall–Kier alpha value is -1.43. The summed E-state index contributed by atoms with van der Waals surface area (Å²) in [6.45, 7) is 24.7. The first-order valence-corrected chi connectivity index (χ1v) is 13.5. The molecule has 0 heterocycles. The quantitative estimate of drug-likeness (QED) is 0.277. The lowest BCUT2D eigenvalue weighted by atomic mass is 9.88. The van der Waals surface area contributed by atoms with E-state index < -0.39 is 12.1 Å². The molecule has 6 heteroatoms. The van der Waals surface area contributed by atoms with E-state index in [2.05, 4.69) is 36.7 Å². The van der Waals surface area contributed by atoms with E-state index in [0.29, 0.717) is 31.1 Å². The Balaban J connectivity index is 5.34. The molecule has 0 radical (unpaired) electrons. The van der Waals surface area contributed by atoms with Gasteiger partial charge in [-0.05, 0) is 71.6 Å². The van der Waals surface area contributed by atoms with E-state index in [1.165, 1.54) is 0 Å². The first kappa shape index (κ1) is 33.6. The zero-order chi connectivity index (χ0) is 27.7. The number of rotatable bonds is 13. The standard InChI is InChI=1S/C29H57N3O3/c1-26(2,3)19-15-13-14-16-22(25(35)32-29(10,11)12)30-24(34)23(31-28(7,8)9)18-17-21(33)20-27(4,5)6/h22-23,31H,13-20H2,1-12H3,(H,30,34)(H,32,35). The molecule has 0 aromatic heterocycles. The zero-order valence-corrected chi connectivity index (χ0v) is 25.0. The van der Waals surface area contributed by atoms with Crippen molar-refractivity contribution in [2.45, 2.75) is 158 Å². The van der Waals surface area contributed by atoms with Crippen molar-refractivity contribution in [1.82, 2.24) is 16.0 Å². The number of carbonyl (C=O) groups is 3. The van der Waals surface area contributed by atoms with Crippen LogP contribution in [0.4, 0.5) is 0 Å². The van der Waals surface area contributed by atoms with Gasteiger partial charge in [0.05, 0.1) is 6.04 Å². The van der Waals surface area contributed by atoms with Gasteiger partial charge in [0.15, 0.2) is 0 Å². The summed E-state index contributed by atoms with van der Waals surface area (Å²) >= 11 is 0. The molecule has 0 aromatic rings. The Morgan fingerprint density at radius 1 is 0.629 bits per heavy atom. The van der Waals surface area contributed by atoms with Crippen molar-refractivity contribution in [2.75, 3.05) is 0 Å². The number of nitrogens with one attached hydrogen (secondary N) is 3. The van der Waals surface area contributed by atoms with Crippen LogP contribution in [-0.4, -0.2) is 40.8 Å². The normalized spacial score (nSPS) is 14.9. The fraction of sp³-hybridized carbons (Fsp3) is 0.897. The van der Waals surface area contributed by atoms with Crippen molar-refractivity contribution in [2.24, 2.45) is 10.8 Å². The predicted molar refractivity (Wildman–Crippen MR) is 147 cm³/mol. The second-order valence-electron chi connectivity index (χ2n) is 14.7. The predicted octanol–water partition coefficient (Wildman–Crippen LogP) is 5.92. The van der Waals surface area contributed by atoms with Crippen molar-refractivity contribution in [3.63, 3.8) is 0 Å². The van der Waals surface area contributed by atoms with Gasteiger partial charge in [-0.15, -0.1) is 0 Å². The summed E-state index contributed by atoms with van der Waals surface area (Å²) in [5.74, 6) is -0.209. The monoisotopic (exact) mass is 495 g/mol. The zero-order valence-electron chi connectivity index (χ0n) is 25.0. The molecule has 0 aromatic carbocycles. The van der Waals surface area contributed by atoms with Crippen LogP contribution in [0.3, 0.4) is 0 Å². The Kier molecular flexibility index (Phi) is 13.2. The molecule has 0 aliphatic rings. The van der Waals surface area contributed by atoms with E-state index in [4.69, 9.17) is 0 Å². The second kappa shape index (κ2) is 13.8. The molecule has 2 amide bonds. The highest BCUT2D eigenvalue weighted by Gasteiger charge is 2.30. The molecule has 0 saturated carbocycles. The van der Waals surface area contributed by atoms with Crippen LogP contribution in [0, 0.1) is 10.8 Å². The van der Waals surface area contributed by atoms with Crippen molar-refractivity contribution in [1.29, 1.82) is 0 Å². The first-order chi connectivity index (χ1) is 15.6. The van der Waals surface area contributed by atoms with E-state index in [1.807, 2.05) is 62.3 Å². The molecule has 0 saturated heterocycles. The highest BCUT2D eigenvalue weighted by molar-refractivity contribution is 5.90. The van der Waals surface area contributed by atoms with E-state index in [9.17, 15) is 14.4 Å². The lowest BCUT2D eigenvalue weighted by Crippen LogP contribution is -2.57. The van der Waals surface area contributed by atoms with Gasteiger partial charge in [-0.25, -0.2) is 0 Å². The van der Waals surface area contributed by atoms with E-state index in [0.717, 1.165) is 25.7 Å². The van der Waals surface area contributed by atoms with Crippen LogP contribution < -0.4 is 16.0 Å². The lowest BCUT2D eigenvalue weighted by Gasteiger charge is -2.30. The Morgan fingerprint density at radius 3 is 1.66 bits per heavy atom.